The SMILES string of the molecule is CCOC(=O)/C(=C\Nc1ccccc1OC)c1ccc(OC)cc1. The lowest BCUT2D eigenvalue weighted by atomic mass is 10.1. The second-order valence-corrected chi connectivity index (χ2v) is 4.85. The maximum atomic E-state index is 12.3. The Morgan fingerprint density at radius 1 is 1.04 bits per heavy atom. The van der Waals surface area contributed by atoms with Crippen molar-refractivity contribution >= 4 is 17.2 Å². The number of carbonyl (C=O) groups excluding carboxylic acids is 1. The van der Waals surface area contributed by atoms with Crippen LogP contribution in [-0.4, -0.2) is 26.8 Å². The average molecular weight is 327 g/mol. The Morgan fingerprint density at radius 2 is 1.75 bits per heavy atom. The zero-order valence-electron chi connectivity index (χ0n) is 14.0. The van der Waals surface area contributed by atoms with Gasteiger partial charge in [-0.2, -0.15) is 0 Å². The predicted octanol–water partition coefficient (Wildman–Crippen LogP) is 3.72. The maximum absolute atomic E-state index is 12.3. The van der Waals surface area contributed by atoms with E-state index in [4.69, 9.17) is 14.2 Å². The predicted molar refractivity (Wildman–Crippen MR) is 94.2 cm³/mol. The molecule has 0 radical (unpaired) electrons. The van der Waals surface area contributed by atoms with Gasteiger partial charge in [-0.1, -0.05) is 24.3 Å². The lowest BCUT2D eigenvalue weighted by molar-refractivity contribution is -0.136. The Hall–Kier alpha value is -2.95. The lowest BCUT2D eigenvalue weighted by Gasteiger charge is -2.11. The first-order valence-electron chi connectivity index (χ1n) is 7.60. The van der Waals surface area contributed by atoms with Crippen molar-refractivity contribution in [2.24, 2.45) is 0 Å². The smallest absolute Gasteiger partial charge is 0.340 e. The van der Waals surface area contributed by atoms with Crippen molar-refractivity contribution in [3.8, 4) is 11.5 Å². The number of anilines is 1. The van der Waals surface area contributed by atoms with E-state index >= 15 is 0 Å². The van der Waals surface area contributed by atoms with Gasteiger partial charge < -0.3 is 19.5 Å². The molecule has 0 atom stereocenters. The van der Waals surface area contributed by atoms with E-state index in [1.807, 2.05) is 36.4 Å². The van der Waals surface area contributed by atoms with Gasteiger partial charge in [0.05, 0.1) is 32.1 Å². The van der Waals surface area contributed by atoms with Gasteiger partial charge in [0.1, 0.15) is 11.5 Å². The van der Waals surface area contributed by atoms with E-state index in [1.54, 1.807) is 39.5 Å². The summed E-state index contributed by atoms with van der Waals surface area (Å²) in [6.45, 7) is 2.08. The van der Waals surface area contributed by atoms with Crippen molar-refractivity contribution in [1.29, 1.82) is 0 Å². The molecule has 0 heterocycles. The summed E-state index contributed by atoms with van der Waals surface area (Å²) in [4.78, 5) is 12.3. The topological polar surface area (TPSA) is 56.8 Å². The molecule has 0 saturated heterocycles. The van der Waals surface area contributed by atoms with E-state index < -0.39 is 5.97 Å². The summed E-state index contributed by atoms with van der Waals surface area (Å²) in [5.41, 5.74) is 1.91. The van der Waals surface area contributed by atoms with Crippen LogP contribution in [0.15, 0.2) is 54.7 Å². The third kappa shape index (κ3) is 4.29. The molecule has 126 valence electrons. The number of methoxy groups -OCH3 is 2. The first-order chi connectivity index (χ1) is 11.7. The van der Waals surface area contributed by atoms with Gasteiger partial charge in [0, 0.05) is 6.20 Å². The minimum atomic E-state index is -0.398. The van der Waals surface area contributed by atoms with E-state index in [-0.39, 0.29) is 0 Å². The van der Waals surface area contributed by atoms with Gasteiger partial charge in [-0.25, -0.2) is 4.79 Å². The Kier molecular flexibility index (Phi) is 6.25. The molecule has 0 fully saturated rings. The number of nitrogens with one attached hydrogen (secondary N) is 1. The van der Waals surface area contributed by atoms with Crippen LogP contribution in [0, 0.1) is 0 Å². The summed E-state index contributed by atoms with van der Waals surface area (Å²) in [6, 6.07) is 14.7. The second-order valence-electron chi connectivity index (χ2n) is 4.85. The summed E-state index contributed by atoms with van der Waals surface area (Å²) in [5, 5.41) is 3.11. The van der Waals surface area contributed by atoms with Crippen molar-refractivity contribution in [3.63, 3.8) is 0 Å². The number of benzene rings is 2. The zero-order valence-corrected chi connectivity index (χ0v) is 14.0. The van der Waals surface area contributed by atoms with E-state index in [0.29, 0.717) is 17.9 Å². The summed E-state index contributed by atoms with van der Waals surface area (Å²) >= 11 is 0. The summed E-state index contributed by atoms with van der Waals surface area (Å²) in [6.07, 6.45) is 1.62. The molecule has 2 rings (SSSR count). The average Bonchev–Trinajstić information content (AvgIpc) is 2.63. The van der Waals surface area contributed by atoms with Crippen molar-refractivity contribution in [1.82, 2.24) is 0 Å². The van der Waals surface area contributed by atoms with E-state index in [1.165, 1.54) is 0 Å². The molecular weight excluding hydrogens is 306 g/mol. The van der Waals surface area contributed by atoms with Crippen LogP contribution in [0.4, 0.5) is 5.69 Å². The van der Waals surface area contributed by atoms with E-state index in [2.05, 4.69) is 5.32 Å². The molecule has 2 aromatic rings. The molecule has 0 unspecified atom stereocenters. The molecule has 0 aromatic heterocycles. The van der Waals surface area contributed by atoms with Crippen LogP contribution < -0.4 is 14.8 Å². The minimum absolute atomic E-state index is 0.307. The van der Waals surface area contributed by atoms with Gasteiger partial charge in [0.15, 0.2) is 0 Å². The Balaban J connectivity index is 2.32. The molecule has 2 aromatic carbocycles. The van der Waals surface area contributed by atoms with Gasteiger partial charge in [-0.15, -0.1) is 0 Å². The van der Waals surface area contributed by atoms with Crippen LogP contribution in [0.25, 0.3) is 5.57 Å². The molecule has 0 amide bonds. The molecule has 0 aliphatic carbocycles. The number of ether oxygens (including phenoxy) is 3. The highest BCUT2D eigenvalue weighted by atomic mass is 16.5. The maximum Gasteiger partial charge on any atom is 0.340 e. The number of rotatable bonds is 7. The fourth-order valence-electron chi connectivity index (χ4n) is 2.15. The number of para-hydroxylation sites is 2. The summed E-state index contributed by atoms with van der Waals surface area (Å²) < 4.78 is 15.6. The first-order valence-corrected chi connectivity index (χ1v) is 7.60. The monoisotopic (exact) mass is 327 g/mol. The van der Waals surface area contributed by atoms with Crippen molar-refractivity contribution < 1.29 is 19.0 Å². The van der Waals surface area contributed by atoms with Crippen LogP contribution in [0.1, 0.15) is 12.5 Å². The Morgan fingerprint density at radius 3 is 2.38 bits per heavy atom. The Bertz CT molecular complexity index is 708. The highest BCUT2D eigenvalue weighted by Gasteiger charge is 2.14. The van der Waals surface area contributed by atoms with Crippen molar-refractivity contribution in [2.75, 3.05) is 26.1 Å². The molecule has 1 N–H and O–H groups in total. The van der Waals surface area contributed by atoms with Crippen molar-refractivity contribution in [2.45, 2.75) is 6.92 Å². The van der Waals surface area contributed by atoms with Crippen molar-refractivity contribution in [3.05, 3.63) is 60.3 Å². The number of carbonyl (C=O) groups is 1. The minimum Gasteiger partial charge on any atom is -0.497 e. The van der Waals surface area contributed by atoms with Gasteiger partial charge in [0.25, 0.3) is 0 Å². The second kappa shape index (κ2) is 8.62. The molecule has 0 bridgehead atoms. The van der Waals surface area contributed by atoms with Crippen LogP contribution in [0.3, 0.4) is 0 Å². The third-order valence-electron chi connectivity index (χ3n) is 3.38. The quantitative estimate of drug-likeness (QED) is 0.620. The summed E-state index contributed by atoms with van der Waals surface area (Å²) in [5.74, 6) is 1.01. The third-order valence-corrected chi connectivity index (χ3v) is 3.38. The Labute approximate surface area is 141 Å². The molecule has 5 heteroatoms. The molecule has 0 spiro atoms. The number of hydrogen-bond donors (Lipinski definition) is 1. The number of hydrogen-bond acceptors (Lipinski definition) is 5. The normalized spacial score (nSPS) is 10.9. The molecule has 24 heavy (non-hydrogen) atoms. The zero-order chi connectivity index (χ0) is 17.4. The number of esters is 1. The molecule has 5 nitrogen and oxygen atoms in total. The molecule has 0 saturated carbocycles. The largest absolute Gasteiger partial charge is 0.497 e. The van der Waals surface area contributed by atoms with Gasteiger partial charge in [-0.3, -0.25) is 0 Å². The van der Waals surface area contributed by atoms with Crippen LogP contribution in [0.5, 0.6) is 11.5 Å². The summed E-state index contributed by atoms with van der Waals surface area (Å²) in [7, 11) is 3.19. The fourth-order valence-corrected chi connectivity index (χ4v) is 2.15. The first kappa shape index (κ1) is 17.4. The molecule has 0 aliphatic rings. The lowest BCUT2D eigenvalue weighted by Crippen LogP contribution is -2.08. The van der Waals surface area contributed by atoms with Crippen LogP contribution >= 0.6 is 0 Å². The van der Waals surface area contributed by atoms with Gasteiger partial charge in [-0.05, 0) is 36.8 Å². The van der Waals surface area contributed by atoms with E-state index in [0.717, 1.165) is 17.0 Å². The van der Waals surface area contributed by atoms with Gasteiger partial charge >= 0.3 is 5.97 Å². The van der Waals surface area contributed by atoms with Gasteiger partial charge in [0.2, 0.25) is 0 Å². The highest BCUT2D eigenvalue weighted by Crippen LogP contribution is 2.25. The van der Waals surface area contributed by atoms with Crippen LogP contribution in [-0.2, 0) is 9.53 Å². The molecular formula is C19H21NO4. The highest BCUT2D eigenvalue weighted by molar-refractivity contribution is 6.16. The van der Waals surface area contributed by atoms with E-state index in [9.17, 15) is 4.79 Å². The van der Waals surface area contributed by atoms with Crippen LogP contribution in [0.2, 0.25) is 0 Å². The standard InChI is InChI=1S/C19H21NO4/c1-4-24-19(21)16(14-9-11-15(22-2)12-10-14)13-20-17-7-5-6-8-18(17)23-3/h5-13,20H,4H2,1-3H3/b16-13-. The fraction of sp³-hybridized carbons (Fsp3) is 0.211. The molecule has 0 aliphatic heterocycles.